The molecule has 1 aromatic carbocycles. The predicted molar refractivity (Wildman–Crippen MR) is 78.2 cm³/mol. The molecular formula is C15H20N4O. The van der Waals surface area contributed by atoms with Gasteiger partial charge in [0.25, 0.3) is 0 Å². The van der Waals surface area contributed by atoms with Crippen molar-refractivity contribution in [2.45, 2.75) is 33.7 Å². The van der Waals surface area contributed by atoms with E-state index in [0.717, 1.165) is 0 Å². The first kappa shape index (κ1) is 14.4. The second-order valence-electron chi connectivity index (χ2n) is 5.64. The monoisotopic (exact) mass is 272 g/mol. The van der Waals surface area contributed by atoms with E-state index in [1.54, 1.807) is 0 Å². The standard InChI is InChI=1S/C15H20N4O/c1-10-4-11(2)14(12(3)5-10)9-19-8-13(6-15(19)20)7-17-18-16/h4-5,13H,6-9H2,1-3H3. The fraction of sp³-hybridized carbons (Fsp3) is 0.533. The van der Waals surface area contributed by atoms with Gasteiger partial charge in [-0.15, -0.1) is 0 Å². The lowest BCUT2D eigenvalue weighted by molar-refractivity contribution is -0.128. The molecule has 1 saturated heterocycles. The molecule has 5 heteroatoms. The lowest BCUT2D eigenvalue weighted by atomic mass is 9.99. The molecule has 0 N–H and O–H groups in total. The molecule has 1 heterocycles. The van der Waals surface area contributed by atoms with E-state index in [-0.39, 0.29) is 11.8 Å². The van der Waals surface area contributed by atoms with Gasteiger partial charge in [-0.25, -0.2) is 0 Å². The molecule has 0 spiro atoms. The van der Waals surface area contributed by atoms with E-state index in [0.29, 0.717) is 26.1 Å². The Balaban J connectivity index is 2.11. The zero-order chi connectivity index (χ0) is 14.7. The summed E-state index contributed by atoms with van der Waals surface area (Å²) in [5, 5.41) is 3.58. The fourth-order valence-electron chi connectivity index (χ4n) is 2.93. The highest BCUT2D eigenvalue weighted by molar-refractivity contribution is 5.78. The molecule has 1 aliphatic heterocycles. The molecule has 0 saturated carbocycles. The summed E-state index contributed by atoms with van der Waals surface area (Å²) in [5.74, 6) is 0.312. The summed E-state index contributed by atoms with van der Waals surface area (Å²) in [6, 6.07) is 4.31. The van der Waals surface area contributed by atoms with Gasteiger partial charge in [-0.1, -0.05) is 22.8 Å². The van der Waals surface area contributed by atoms with Crippen molar-refractivity contribution >= 4 is 5.91 Å². The predicted octanol–water partition coefficient (Wildman–Crippen LogP) is 3.27. The molecule has 0 bridgehead atoms. The first-order valence-corrected chi connectivity index (χ1v) is 6.86. The lowest BCUT2D eigenvalue weighted by Crippen LogP contribution is -2.25. The number of benzene rings is 1. The Bertz CT molecular complexity index is 552. The van der Waals surface area contributed by atoms with Gasteiger partial charge in [-0.05, 0) is 48.9 Å². The second kappa shape index (κ2) is 5.97. The number of likely N-dealkylation sites (tertiary alicyclic amines) is 1. The van der Waals surface area contributed by atoms with Crippen molar-refractivity contribution < 1.29 is 4.79 Å². The molecule has 1 aliphatic rings. The third kappa shape index (κ3) is 3.11. The maximum Gasteiger partial charge on any atom is 0.223 e. The molecule has 5 nitrogen and oxygen atoms in total. The van der Waals surface area contributed by atoms with Gasteiger partial charge in [0.2, 0.25) is 5.91 Å². The van der Waals surface area contributed by atoms with Gasteiger partial charge >= 0.3 is 0 Å². The van der Waals surface area contributed by atoms with Crippen molar-refractivity contribution in [3.8, 4) is 0 Å². The molecule has 1 amide bonds. The number of azide groups is 1. The molecule has 1 unspecified atom stereocenters. The Kier molecular flexibility index (Phi) is 4.30. The van der Waals surface area contributed by atoms with E-state index >= 15 is 0 Å². The van der Waals surface area contributed by atoms with Crippen LogP contribution < -0.4 is 0 Å². The van der Waals surface area contributed by atoms with Gasteiger partial charge in [0.05, 0.1) is 0 Å². The minimum absolute atomic E-state index is 0.155. The van der Waals surface area contributed by atoms with Crippen LogP contribution in [0, 0.1) is 26.7 Å². The normalized spacial score (nSPS) is 18.2. The maximum absolute atomic E-state index is 12.0. The number of carbonyl (C=O) groups excluding carboxylic acids is 1. The van der Waals surface area contributed by atoms with E-state index in [9.17, 15) is 4.79 Å². The minimum Gasteiger partial charge on any atom is -0.338 e. The van der Waals surface area contributed by atoms with Crippen molar-refractivity contribution in [2.75, 3.05) is 13.1 Å². The highest BCUT2D eigenvalue weighted by Crippen LogP contribution is 2.24. The first-order chi connectivity index (χ1) is 9.51. The molecule has 0 aromatic heterocycles. The van der Waals surface area contributed by atoms with Crippen LogP contribution in [0.5, 0.6) is 0 Å². The lowest BCUT2D eigenvalue weighted by Gasteiger charge is -2.20. The largest absolute Gasteiger partial charge is 0.338 e. The highest BCUT2D eigenvalue weighted by atomic mass is 16.2. The Morgan fingerprint density at radius 3 is 2.60 bits per heavy atom. The summed E-state index contributed by atoms with van der Waals surface area (Å²) in [7, 11) is 0. The van der Waals surface area contributed by atoms with Gasteiger partial charge in [0.1, 0.15) is 0 Å². The van der Waals surface area contributed by atoms with E-state index in [2.05, 4.69) is 42.9 Å². The van der Waals surface area contributed by atoms with Crippen LogP contribution in [0.25, 0.3) is 10.4 Å². The molecule has 106 valence electrons. The molecule has 0 radical (unpaired) electrons. The van der Waals surface area contributed by atoms with E-state index < -0.39 is 0 Å². The highest BCUT2D eigenvalue weighted by Gasteiger charge is 2.29. The van der Waals surface area contributed by atoms with Gasteiger partial charge in [0, 0.05) is 31.0 Å². The second-order valence-corrected chi connectivity index (χ2v) is 5.64. The molecule has 20 heavy (non-hydrogen) atoms. The molecule has 1 fully saturated rings. The molecule has 1 aromatic rings. The number of amides is 1. The van der Waals surface area contributed by atoms with Crippen molar-refractivity contribution in [3.05, 3.63) is 44.8 Å². The third-order valence-electron chi connectivity index (χ3n) is 3.89. The van der Waals surface area contributed by atoms with Crippen LogP contribution in [-0.2, 0) is 11.3 Å². The van der Waals surface area contributed by atoms with E-state index in [1.807, 2.05) is 4.90 Å². The third-order valence-corrected chi connectivity index (χ3v) is 3.89. The fourth-order valence-corrected chi connectivity index (χ4v) is 2.93. The zero-order valence-corrected chi connectivity index (χ0v) is 12.3. The molecular weight excluding hydrogens is 252 g/mol. The number of carbonyl (C=O) groups is 1. The topological polar surface area (TPSA) is 69.1 Å². The van der Waals surface area contributed by atoms with E-state index in [1.165, 1.54) is 22.3 Å². The molecule has 2 rings (SSSR count). The number of rotatable bonds is 4. The van der Waals surface area contributed by atoms with Gasteiger partial charge in [-0.3, -0.25) is 4.79 Å². The number of hydrogen-bond acceptors (Lipinski definition) is 2. The van der Waals surface area contributed by atoms with Crippen molar-refractivity contribution in [1.82, 2.24) is 4.90 Å². The smallest absolute Gasteiger partial charge is 0.223 e. The maximum atomic E-state index is 12.0. The van der Waals surface area contributed by atoms with Crippen LogP contribution in [0.4, 0.5) is 0 Å². The summed E-state index contributed by atoms with van der Waals surface area (Å²) in [6.45, 7) is 8.01. The molecule has 0 aliphatic carbocycles. The minimum atomic E-state index is 0.155. The van der Waals surface area contributed by atoms with Crippen LogP contribution >= 0.6 is 0 Å². The Labute approximate surface area is 119 Å². The number of aryl methyl sites for hydroxylation is 3. The van der Waals surface area contributed by atoms with Crippen LogP contribution in [0.2, 0.25) is 0 Å². The summed E-state index contributed by atoms with van der Waals surface area (Å²) in [6.07, 6.45) is 0.489. The summed E-state index contributed by atoms with van der Waals surface area (Å²) in [5.41, 5.74) is 13.3. The Morgan fingerprint density at radius 2 is 2.00 bits per heavy atom. The Morgan fingerprint density at radius 1 is 1.35 bits per heavy atom. The Hall–Kier alpha value is -2.00. The first-order valence-electron chi connectivity index (χ1n) is 6.86. The number of nitrogens with zero attached hydrogens (tertiary/aromatic N) is 4. The average molecular weight is 272 g/mol. The van der Waals surface area contributed by atoms with Crippen molar-refractivity contribution in [2.24, 2.45) is 11.0 Å². The zero-order valence-electron chi connectivity index (χ0n) is 12.3. The van der Waals surface area contributed by atoms with Crippen molar-refractivity contribution in [1.29, 1.82) is 0 Å². The number of hydrogen-bond donors (Lipinski definition) is 0. The van der Waals surface area contributed by atoms with Crippen LogP contribution in [0.3, 0.4) is 0 Å². The van der Waals surface area contributed by atoms with Gasteiger partial charge in [0.15, 0.2) is 0 Å². The average Bonchev–Trinajstić information content (AvgIpc) is 2.72. The van der Waals surface area contributed by atoms with Gasteiger partial charge in [-0.2, -0.15) is 0 Å². The van der Waals surface area contributed by atoms with Crippen LogP contribution in [0.15, 0.2) is 17.2 Å². The summed E-state index contributed by atoms with van der Waals surface area (Å²) >= 11 is 0. The van der Waals surface area contributed by atoms with Crippen molar-refractivity contribution in [3.63, 3.8) is 0 Å². The SMILES string of the molecule is Cc1cc(C)c(CN2CC(CN=[N+]=[N-])CC2=O)c(C)c1. The van der Waals surface area contributed by atoms with E-state index in [4.69, 9.17) is 5.53 Å². The van der Waals surface area contributed by atoms with Gasteiger partial charge < -0.3 is 4.90 Å². The van der Waals surface area contributed by atoms with Crippen LogP contribution in [-0.4, -0.2) is 23.9 Å². The summed E-state index contributed by atoms with van der Waals surface area (Å²) < 4.78 is 0. The van der Waals surface area contributed by atoms with Crippen LogP contribution in [0.1, 0.15) is 28.7 Å². The summed E-state index contributed by atoms with van der Waals surface area (Å²) in [4.78, 5) is 16.7. The quantitative estimate of drug-likeness (QED) is 0.471. The molecule has 1 atom stereocenters.